The molecule has 0 bridgehead atoms. The average Bonchev–Trinajstić information content (AvgIpc) is 2.91. The molecule has 2 aromatic carbocycles. The van der Waals surface area contributed by atoms with Crippen molar-refractivity contribution in [2.24, 2.45) is 0 Å². The molecule has 29 heavy (non-hydrogen) atoms. The Bertz CT molecular complexity index is 1050. The predicted octanol–water partition coefficient (Wildman–Crippen LogP) is 2.78. The van der Waals surface area contributed by atoms with E-state index in [0.29, 0.717) is 0 Å². The van der Waals surface area contributed by atoms with Gasteiger partial charge in [-0.2, -0.15) is 17.7 Å². The fraction of sp³-hybridized carbons (Fsp3) is 0.235. The van der Waals surface area contributed by atoms with Gasteiger partial charge in [0.15, 0.2) is 10.1 Å². The van der Waals surface area contributed by atoms with Crippen molar-refractivity contribution in [1.29, 1.82) is 0 Å². The summed E-state index contributed by atoms with van der Waals surface area (Å²) in [7, 11) is -2.47. The molecule has 3 rings (SSSR count). The first-order valence-electron chi connectivity index (χ1n) is 7.88. The van der Waals surface area contributed by atoms with Crippen LogP contribution in [0.5, 0.6) is 0 Å². The Kier molecular flexibility index (Phi) is 6.28. The van der Waals surface area contributed by atoms with Gasteiger partial charge in [-0.1, -0.05) is 18.2 Å². The lowest BCUT2D eigenvalue weighted by Crippen LogP contribution is -2.21. The van der Waals surface area contributed by atoms with Crippen molar-refractivity contribution in [2.75, 3.05) is 14.2 Å². The van der Waals surface area contributed by atoms with Crippen molar-refractivity contribution >= 4 is 21.7 Å². The number of methoxy groups -OCH3 is 1. The number of non-ortho nitro benzene ring substituents is 1. The Hall–Kier alpha value is -2.99. The molecule has 0 fully saturated rings. The van der Waals surface area contributed by atoms with Crippen LogP contribution < -0.4 is 0 Å². The molecule has 0 aliphatic carbocycles. The number of nitro groups is 1. The Morgan fingerprint density at radius 2 is 1.62 bits per heavy atom. The van der Waals surface area contributed by atoms with Crippen molar-refractivity contribution in [3.8, 4) is 0 Å². The standard InChI is InChI=1S/C16H15N2O3.CHF3O3S/c1-17-15(11-7-9-12(10-8-11)18(19)20)13-5-3-4-6-14(13)16(17)21-2;2-1(3,4)8(5,6)7/h3-10,15H,1-2H3;(H,5,6,7)/q+1;/p-1. The van der Waals surface area contributed by atoms with Crippen LogP contribution in [0.25, 0.3) is 0 Å². The van der Waals surface area contributed by atoms with E-state index in [1.165, 1.54) is 12.1 Å². The third-order valence-electron chi connectivity index (χ3n) is 4.09. The Labute approximate surface area is 163 Å². The molecule has 0 saturated heterocycles. The van der Waals surface area contributed by atoms with E-state index < -0.39 is 15.6 Å². The van der Waals surface area contributed by atoms with Gasteiger partial charge in [0.05, 0.1) is 17.6 Å². The van der Waals surface area contributed by atoms with Gasteiger partial charge in [-0.05, 0) is 18.2 Å². The molecule has 0 N–H and O–H groups in total. The van der Waals surface area contributed by atoms with Gasteiger partial charge in [-0.3, -0.25) is 10.1 Å². The van der Waals surface area contributed by atoms with Gasteiger partial charge in [0.1, 0.15) is 7.05 Å². The summed E-state index contributed by atoms with van der Waals surface area (Å²) in [6.07, 6.45) is 0. The van der Waals surface area contributed by atoms with Gasteiger partial charge < -0.3 is 9.29 Å². The topological polar surface area (TPSA) is 113 Å². The normalized spacial score (nSPS) is 16.0. The fourth-order valence-corrected chi connectivity index (χ4v) is 2.88. The number of hydrogen-bond donors (Lipinski definition) is 0. The molecule has 12 heteroatoms. The fourth-order valence-electron chi connectivity index (χ4n) is 2.88. The maximum Gasteiger partial charge on any atom is 0.485 e. The maximum atomic E-state index is 10.8. The molecule has 0 amide bonds. The molecule has 0 aromatic heterocycles. The SMILES string of the molecule is COC1=[N+](C)C(c2ccc([N+](=O)[O-])cc2)c2ccccc21.O=S(=O)([O-])C(F)(F)F. The van der Waals surface area contributed by atoms with E-state index in [2.05, 4.69) is 6.07 Å². The molecule has 1 atom stereocenters. The Morgan fingerprint density at radius 3 is 2.07 bits per heavy atom. The second-order valence-electron chi connectivity index (χ2n) is 5.86. The van der Waals surface area contributed by atoms with E-state index in [4.69, 9.17) is 17.7 Å². The summed E-state index contributed by atoms with van der Waals surface area (Å²) in [6, 6.07) is 14.7. The number of fused-ring (bicyclic) bond motifs is 1. The number of nitrogens with zero attached hydrogens (tertiary/aromatic N) is 2. The first kappa shape index (κ1) is 22.3. The Morgan fingerprint density at radius 1 is 1.10 bits per heavy atom. The van der Waals surface area contributed by atoms with E-state index in [9.17, 15) is 23.3 Å². The van der Waals surface area contributed by atoms with Crippen molar-refractivity contribution < 1.29 is 40.4 Å². The van der Waals surface area contributed by atoms with Crippen molar-refractivity contribution in [1.82, 2.24) is 0 Å². The van der Waals surface area contributed by atoms with Crippen molar-refractivity contribution in [3.63, 3.8) is 0 Å². The van der Waals surface area contributed by atoms with E-state index in [1.807, 2.05) is 29.8 Å². The molecule has 156 valence electrons. The summed E-state index contributed by atoms with van der Waals surface area (Å²) >= 11 is 0. The average molecular weight is 432 g/mol. The minimum absolute atomic E-state index is 0.0111. The lowest BCUT2D eigenvalue weighted by Gasteiger charge is -2.09. The van der Waals surface area contributed by atoms with Gasteiger partial charge in [0.2, 0.25) is 6.04 Å². The zero-order chi connectivity index (χ0) is 22.0. The van der Waals surface area contributed by atoms with Crippen LogP contribution in [0.2, 0.25) is 0 Å². The van der Waals surface area contributed by atoms with Crippen LogP contribution in [0.4, 0.5) is 18.9 Å². The van der Waals surface area contributed by atoms with E-state index in [1.54, 1.807) is 19.2 Å². The van der Waals surface area contributed by atoms with Crippen molar-refractivity contribution in [2.45, 2.75) is 11.6 Å². The summed E-state index contributed by atoms with van der Waals surface area (Å²) in [5.74, 6) is 0.814. The third-order valence-corrected chi connectivity index (χ3v) is 4.66. The molecule has 0 saturated carbocycles. The number of halogens is 3. The number of alkyl halides is 3. The lowest BCUT2D eigenvalue weighted by molar-refractivity contribution is -0.535. The van der Waals surface area contributed by atoms with Crippen LogP contribution in [-0.4, -0.2) is 48.0 Å². The van der Waals surface area contributed by atoms with E-state index >= 15 is 0 Å². The first-order chi connectivity index (χ1) is 13.4. The predicted molar refractivity (Wildman–Crippen MR) is 94.4 cm³/mol. The zero-order valence-electron chi connectivity index (χ0n) is 15.1. The summed E-state index contributed by atoms with van der Waals surface area (Å²) in [6.45, 7) is 0. The van der Waals surface area contributed by atoms with Gasteiger partial charge in [-0.25, -0.2) is 8.42 Å². The highest BCUT2D eigenvalue weighted by Crippen LogP contribution is 2.34. The van der Waals surface area contributed by atoms with Gasteiger partial charge in [0, 0.05) is 23.3 Å². The molecule has 8 nitrogen and oxygen atoms in total. The highest BCUT2D eigenvalue weighted by Gasteiger charge is 2.38. The number of nitro benzene ring substituents is 1. The lowest BCUT2D eigenvalue weighted by atomic mass is 9.97. The van der Waals surface area contributed by atoms with Gasteiger partial charge in [0.25, 0.3) is 5.69 Å². The molecular formula is C17H15F3N2O6S. The molecule has 1 aliphatic heterocycles. The number of rotatable bonds is 2. The molecule has 0 spiro atoms. The minimum Gasteiger partial charge on any atom is -0.741 e. The molecule has 0 radical (unpaired) electrons. The molecule has 2 aromatic rings. The Balaban J connectivity index is 0.000000321. The summed E-state index contributed by atoms with van der Waals surface area (Å²) in [4.78, 5) is 10.4. The first-order valence-corrected chi connectivity index (χ1v) is 9.29. The number of ether oxygens (including phenoxy) is 1. The molecular weight excluding hydrogens is 417 g/mol. The second kappa shape index (κ2) is 8.17. The molecule has 1 aliphatic rings. The minimum atomic E-state index is -6.09. The van der Waals surface area contributed by atoms with Crippen LogP contribution in [0.3, 0.4) is 0 Å². The largest absolute Gasteiger partial charge is 0.741 e. The monoisotopic (exact) mass is 432 g/mol. The summed E-state index contributed by atoms with van der Waals surface area (Å²) in [5, 5.41) is 10.8. The maximum absolute atomic E-state index is 10.8. The number of benzene rings is 2. The quantitative estimate of drug-likeness (QED) is 0.237. The van der Waals surface area contributed by atoms with E-state index in [0.717, 1.165) is 22.6 Å². The molecule has 1 heterocycles. The van der Waals surface area contributed by atoms with Gasteiger partial charge in [-0.15, -0.1) is 0 Å². The van der Waals surface area contributed by atoms with Gasteiger partial charge >= 0.3 is 11.4 Å². The smallest absolute Gasteiger partial charge is 0.485 e. The van der Waals surface area contributed by atoms with Crippen molar-refractivity contribution in [3.05, 3.63) is 75.3 Å². The van der Waals surface area contributed by atoms with Crippen LogP contribution in [0, 0.1) is 10.1 Å². The zero-order valence-corrected chi connectivity index (χ0v) is 15.9. The van der Waals surface area contributed by atoms with Crippen LogP contribution in [-0.2, 0) is 14.9 Å². The highest BCUT2D eigenvalue weighted by molar-refractivity contribution is 7.86. The van der Waals surface area contributed by atoms with E-state index in [-0.39, 0.29) is 16.7 Å². The second-order valence-corrected chi connectivity index (χ2v) is 7.23. The summed E-state index contributed by atoms with van der Waals surface area (Å²) < 4.78 is 66.4. The summed E-state index contributed by atoms with van der Waals surface area (Å²) in [5.41, 5.74) is -2.34. The van der Waals surface area contributed by atoms with Crippen LogP contribution in [0.15, 0.2) is 48.5 Å². The van der Waals surface area contributed by atoms with Crippen LogP contribution in [0.1, 0.15) is 22.7 Å². The third kappa shape index (κ3) is 4.71. The number of hydrogen-bond acceptors (Lipinski definition) is 6. The molecule has 1 unspecified atom stereocenters. The highest BCUT2D eigenvalue weighted by atomic mass is 32.2. The van der Waals surface area contributed by atoms with Crippen LogP contribution >= 0.6 is 0 Å².